The number of rotatable bonds is 4. The van der Waals surface area contributed by atoms with Gasteiger partial charge >= 0.3 is 0 Å². The number of nitrogens with zero attached hydrogens (tertiary/aromatic N) is 1. The minimum Gasteiger partial charge on any atom is -0.462 e. The van der Waals surface area contributed by atoms with Gasteiger partial charge in [-0.2, -0.15) is 0 Å². The number of benzene rings is 1. The van der Waals surface area contributed by atoms with E-state index in [4.69, 9.17) is 13.9 Å². The summed E-state index contributed by atoms with van der Waals surface area (Å²) in [4.78, 5) is 17.2. The molecule has 2 aromatic heterocycles. The molecule has 0 aliphatic carbocycles. The molecule has 1 fully saturated rings. The zero-order valence-electron chi connectivity index (χ0n) is 16.0. The highest BCUT2D eigenvalue weighted by atomic mass is 16.7. The van der Waals surface area contributed by atoms with Crippen LogP contribution in [0.3, 0.4) is 0 Å². The fourth-order valence-electron chi connectivity index (χ4n) is 3.46. The molecule has 3 aromatic rings. The predicted molar refractivity (Wildman–Crippen MR) is 105 cm³/mol. The summed E-state index contributed by atoms with van der Waals surface area (Å²) in [6, 6.07) is 9.74. The van der Waals surface area contributed by atoms with Gasteiger partial charge in [-0.1, -0.05) is 6.07 Å². The van der Waals surface area contributed by atoms with Gasteiger partial charge in [0.05, 0.1) is 23.3 Å². The van der Waals surface area contributed by atoms with Gasteiger partial charge in [0, 0.05) is 12.3 Å². The van der Waals surface area contributed by atoms with Crippen molar-refractivity contribution in [2.75, 3.05) is 6.61 Å². The molecule has 0 bridgehead atoms. The summed E-state index contributed by atoms with van der Waals surface area (Å²) in [7, 11) is 0. The Balaban J connectivity index is 1.67. The number of aryl methyl sites for hydroxylation is 1. The van der Waals surface area contributed by atoms with Crippen LogP contribution in [0.2, 0.25) is 0 Å². The van der Waals surface area contributed by atoms with Crippen molar-refractivity contribution in [1.29, 1.82) is 0 Å². The van der Waals surface area contributed by atoms with E-state index in [2.05, 4.69) is 4.98 Å². The molecular formula is C21H21NO8. The average Bonchev–Trinajstić information content (AvgIpc) is 2.74. The molecule has 1 saturated heterocycles. The monoisotopic (exact) mass is 415 g/mol. The lowest BCUT2D eigenvalue weighted by Crippen LogP contribution is -2.60. The van der Waals surface area contributed by atoms with E-state index < -0.39 is 37.3 Å². The molecule has 1 aromatic carbocycles. The Morgan fingerprint density at radius 3 is 2.60 bits per heavy atom. The topological polar surface area (TPSA) is 142 Å². The normalized spacial score (nSPS) is 26.6. The molecule has 4 N–H and O–H groups in total. The van der Waals surface area contributed by atoms with Gasteiger partial charge in [-0.15, -0.1) is 0 Å². The van der Waals surface area contributed by atoms with Crippen LogP contribution in [0.5, 0.6) is 5.75 Å². The Hall–Kier alpha value is -2.82. The molecule has 1 aliphatic rings. The van der Waals surface area contributed by atoms with Gasteiger partial charge < -0.3 is 34.3 Å². The van der Waals surface area contributed by atoms with Gasteiger partial charge in [-0.25, -0.2) is 0 Å². The van der Waals surface area contributed by atoms with Crippen LogP contribution >= 0.6 is 0 Å². The molecule has 3 heterocycles. The summed E-state index contributed by atoms with van der Waals surface area (Å²) in [6.07, 6.45) is -5.41. The van der Waals surface area contributed by atoms with Crippen molar-refractivity contribution >= 4 is 11.0 Å². The Morgan fingerprint density at radius 1 is 1.10 bits per heavy atom. The SMILES string of the molecule is Cc1oc2cc(O[C@H]3O[C@@H](CO)[C@H](O)[C@@H](O)[C@@H]3O)ccc2c(=O)c1-c1ccccn1. The maximum absolute atomic E-state index is 13.0. The van der Waals surface area contributed by atoms with Crippen LogP contribution in [0.25, 0.3) is 22.2 Å². The highest BCUT2D eigenvalue weighted by Crippen LogP contribution is 2.28. The van der Waals surface area contributed by atoms with Gasteiger partial charge in [-0.3, -0.25) is 9.78 Å². The highest BCUT2D eigenvalue weighted by molar-refractivity contribution is 5.83. The zero-order chi connectivity index (χ0) is 21.4. The molecular weight excluding hydrogens is 394 g/mol. The van der Waals surface area contributed by atoms with Crippen LogP contribution in [0, 0.1) is 6.92 Å². The lowest BCUT2D eigenvalue weighted by atomic mass is 9.99. The van der Waals surface area contributed by atoms with Gasteiger partial charge in [-0.05, 0) is 31.2 Å². The van der Waals surface area contributed by atoms with Crippen molar-refractivity contribution < 1.29 is 34.3 Å². The molecule has 0 amide bonds. The Kier molecular flexibility index (Phi) is 5.54. The van der Waals surface area contributed by atoms with E-state index >= 15 is 0 Å². The van der Waals surface area contributed by atoms with Crippen LogP contribution in [-0.2, 0) is 4.74 Å². The van der Waals surface area contributed by atoms with E-state index in [0.29, 0.717) is 22.4 Å². The first-order valence-corrected chi connectivity index (χ1v) is 9.36. The van der Waals surface area contributed by atoms with E-state index in [1.807, 2.05) is 0 Å². The summed E-state index contributed by atoms with van der Waals surface area (Å²) in [5, 5.41) is 39.5. The number of aliphatic hydroxyl groups is 4. The molecule has 5 atom stereocenters. The van der Waals surface area contributed by atoms with Crippen molar-refractivity contribution in [3.8, 4) is 17.0 Å². The van der Waals surface area contributed by atoms with Gasteiger partial charge in [0.25, 0.3) is 0 Å². The predicted octanol–water partition coefficient (Wildman–Crippen LogP) is 0.342. The Morgan fingerprint density at radius 2 is 1.90 bits per heavy atom. The molecule has 9 heteroatoms. The van der Waals surface area contributed by atoms with Gasteiger partial charge in [0.1, 0.15) is 41.5 Å². The molecule has 4 rings (SSSR count). The number of aromatic nitrogens is 1. The first-order valence-electron chi connectivity index (χ1n) is 9.36. The quantitative estimate of drug-likeness (QED) is 0.474. The van der Waals surface area contributed by atoms with Crippen LogP contribution in [-0.4, -0.2) is 62.7 Å². The molecule has 0 unspecified atom stereocenters. The van der Waals surface area contributed by atoms with Crippen molar-refractivity contribution in [2.24, 2.45) is 0 Å². The first kappa shape index (κ1) is 20.5. The number of ether oxygens (including phenoxy) is 2. The molecule has 9 nitrogen and oxygen atoms in total. The molecule has 30 heavy (non-hydrogen) atoms. The lowest BCUT2D eigenvalue weighted by molar-refractivity contribution is -0.277. The van der Waals surface area contributed by atoms with E-state index in [1.54, 1.807) is 31.3 Å². The summed E-state index contributed by atoms with van der Waals surface area (Å²) in [6.45, 7) is 1.10. The number of hydrogen-bond acceptors (Lipinski definition) is 9. The minimum atomic E-state index is -1.55. The third kappa shape index (κ3) is 3.57. The molecule has 0 radical (unpaired) electrons. The molecule has 158 valence electrons. The third-order valence-corrected chi connectivity index (χ3v) is 5.06. The summed E-state index contributed by atoms with van der Waals surface area (Å²) >= 11 is 0. The number of hydrogen-bond donors (Lipinski definition) is 4. The summed E-state index contributed by atoms with van der Waals surface area (Å²) in [5.74, 6) is 0.594. The van der Waals surface area contributed by atoms with Crippen LogP contribution < -0.4 is 10.2 Å². The Bertz CT molecular complexity index is 1100. The van der Waals surface area contributed by atoms with E-state index in [0.717, 1.165) is 0 Å². The highest BCUT2D eigenvalue weighted by Gasteiger charge is 2.44. The minimum absolute atomic E-state index is 0.208. The second kappa shape index (κ2) is 8.13. The van der Waals surface area contributed by atoms with E-state index in [9.17, 15) is 25.2 Å². The van der Waals surface area contributed by atoms with Crippen molar-refractivity contribution in [1.82, 2.24) is 4.98 Å². The second-order valence-electron chi connectivity index (χ2n) is 7.05. The van der Waals surface area contributed by atoms with Crippen molar-refractivity contribution in [3.63, 3.8) is 0 Å². The van der Waals surface area contributed by atoms with Gasteiger partial charge in [0.2, 0.25) is 11.7 Å². The molecule has 0 saturated carbocycles. The Labute approximate surface area is 170 Å². The summed E-state index contributed by atoms with van der Waals surface area (Å²) in [5.41, 5.74) is 0.893. The maximum Gasteiger partial charge on any atom is 0.229 e. The number of aliphatic hydroxyl groups excluding tert-OH is 4. The van der Waals surface area contributed by atoms with Gasteiger partial charge in [0.15, 0.2) is 0 Å². The van der Waals surface area contributed by atoms with E-state index in [1.165, 1.54) is 18.2 Å². The number of fused-ring (bicyclic) bond motifs is 1. The first-order chi connectivity index (χ1) is 14.4. The largest absolute Gasteiger partial charge is 0.462 e. The summed E-state index contributed by atoms with van der Waals surface area (Å²) < 4.78 is 16.7. The lowest BCUT2D eigenvalue weighted by Gasteiger charge is -2.39. The second-order valence-corrected chi connectivity index (χ2v) is 7.05. The molecule has 1 aliphatic heterocycles. The van der Waals surface area contributed by atoms with Crippen LogP contribution in [0.4, 0.5) is 0 Å². The number of pyridine rings is 1. The van der Waals surface area contributed by atoms with Crippen molar-refractivity contribution in [2.45, 2.75) is 37.6 Å². The standard InChI is InChI=1S/C21H21NO8/c1-10-16(13-4-2-3-7-22-13)17(24)12-6-5-11(8-14(12)28-10)29-21-20(27)19(26)18(25)15(9-23)30-21/h2-8,15,18-21,23,25-27H,9H2,1H3/t15-,18-,19+,20-,21-/m0/s1. The third-order valence-electron chi connectivity index (χ3n) is 5.06. The fourth-order valence-corrected chi connectivity index (χ4v) is 3.46. The van der Waals surface area contributed by atoms with Crippen LogP contribution in [0.1, 0.15) is 5.76 Å². The fraction of sp³-hybridized carbons (Fsp3) is 0.333. The zero-order valence-corrected chi connectivity index (χ0v) is 16.0. The van der Waals surface area contributed by atoms with E-state index in [-0.39, 0.29) is 16.8 Å². The van der Waals surface area contributed by atoms with Crippen LogP contribution in [0.15, 0.2) is 51.8 Å². The molecule has 0 spiro atoms. The maximum atomic E-state index is 13.0. The van der Waals surface area contributed by atoms with Crippen molar-refractivity contribution in [3.05, 3.63) is 58.6 Å². The average molecular weight is 415 g/mol. The smallest absolute Gasteiger partial charge is 0.229 e.